The maximum absolute atomic E-state index is 5.88. The third-order valence-corrected chi connectivity index (χ3v) is 3.58. The standard InChI is InChI=1S/C13H23N3O/c1-9(2)14-7-11-5-6-17-13(11)12-8-15-16(4)10(12)3/h8-9,11,13-14H,5-7H2,1-4H3. The summed E-state index contributed by atoms with van der Waals surface area (Å²) in [5, 5.41) is 7.81. The summed E-state index contributed by atoms with van der Waals surface area (Å²) in [7, 11) is 1.98. The molecular formula is C13H23N3O. The number of nitrogens with one attached hydrogen (secondary N) is 1. The van der Waals surface area contributed by atoms with Crippen molar-refractivity contribution in [2.24, 2.45) is 13.0 Å². The van der Waals surface area contributed by atoms with Crippen molar-refractivity contribution in [1.82, 2.24) is 15.1 Å². The lowest BCUT2D eigenvalue weighted by atomic mass is 9.95. The Hall–Kier alpha value is -0.870. The molecule has 0 saturated carbocycles. The largest absolute Gasteiger partial charge is 0.373 e. The van der Waals surface area contributed by atoms with Crippen molar-refractivity contribution in [3.05, 3.63) is 17.5 Å². The molecular weight excluding hydrogens is 214 g/mol. The van der Waals surface area contributed by atoms with Gasteiger partial charge >= 0.3 is 0 Å². The van der Waals surface area contributed by atoms with E-state index in [0.717, 1.165) is 19.6 Å². The van der Waals surface area contributed by atoms with E-state index in [1.54, 1.807) is 0 Å². The predicted molar refractivity (Wildman–Crippen MR) is 67.9 cm³/mol. The van der Waals surface area contributed by atoms with E-state index in [0.29, 0.717) is 12.0 Å². The lowest BCUT2D eigenvalue weighted by Gasteiger charge is -2.20. The highest BCUT2D eigenvalue weighted by molar-refractivity contribution is 5.20. The predicted octanol–water partition coefficient (Wildman–Crippen LogP) is 1.80. The average Bonchev–Trinajstić information content (AvgIpc) is 2.85. The monoisotopic (exact) mass is 237 g/mol. The SMILES string of the molecule is Cc1c(C2OCCC2CNC(C)C)cnn1C. The number of ether oxygens (including phenoxy) is 1. The van der Waals surface area contributed by atoms with Gasteiger partial charge in [-0.2, -0.15) is 5.10 Å². The average molecular weight is 237 g/mol. The Kier molecular flexibility index (Phi) is 3.84. The van der Waals surface area contributed by atoms with E-state index in [1.807, 2.05) is 17.9 Å². The van der Waals surface area contributed by atoms with Gasteiger partial charge in [-0.3, -0.25) is 4.68 Å². The lowest BCUT2D eigenvalue weighted by molar-refractivity contribution is 0.0895. The van der Waals surface area contributed by atoms with Crippen LogP contribution >= 0.6 is 0 Å². The molecule has 0 bridgehead atoms. The normalized spacial score (nSPS) is 24.8. The Morgan fingerprint density at radius 1 is 1.59 bits per heavy atom. The first-order chi connectivity index (χ1) is 8.09. The highest BCUT2D eigenvalue weighted by Gasteiger charge is 2.31. The Morgan fingerprint density at radius 3 is 2.94 bits per heavy atom. The maximum Gasteiger partial charge on any atom is 0.0899 e. The molecule has 0 aliphatic carbocycles. The molecule has 1 saturated heterocycles. The summed E-state index contributed by atoms with van der Waals surface area (Å²) in [6, 6.07) is 0.534. The molecule has 1 aromatic heterocycles. The van der Waals surface area contributed by atoms with Crippen LogP contribution in [0.3, 0.4) is 0 Å². The summed E-state index contributed by atoms with van der Waals surface area (Å²) in [6.07, 6.45) is 3.31. The van der Waals surface area contributed by atoms with E-state index < -0.39 is 0 Å². The third kappa shape index (κ3) is 2.69. The highest BCUT2D eigenvalue weighted by atomic mass is 16.5. The van der Waals surface area contributed by atoms with Crippen molar-refractivity contribution in [2.45, 2.75) is 39.3 Å². The molecule has 1 fully saturated rings. The fourth-order valence-electron chi connectivity index (χ4n) is 2.37. The van der Waals surface area contributed by atoms with Gasteiger partial charge in [0.05, 0.1) is 12.3 Å². The molecule has 0 radical (unpaired) electrons. The number of hydrogen-bond donors (Lipinski definition) is 1. The molecule has 2 unspecified atom stereocenters. The first kappa shape index (κ1) is 12.6. The third-order valence-electron chi connectivity index (χ3n) is 3.58. The second-order valence-electron chi connectivity index (χ2n) is 5.21. The second kappa shape index (κ2) is 5.19. The fraction of sp³-hybridized carbons (Fsp3) is 0.769. The van der Waals surface area contributed by atoms with E-state index in [2.05, 4.69) is 31.2 Å². The van der Waals surface area contributed by atoms with Crippen LogP contribution in [0.25, 0.3) is 0 Å². The van der Waals surface area contributed by atoms with Crippen molar-refractivity contribution >= 4 is 0 Å². The van der Waals surface area contributed by atoms with Gasteiger partial charge in [0.25, 0.3) is 0 Å². The van der Waals surface area contributed by atoms with Crippen LogP contribution < -0.4 is 5.32 Å². The minimum absolute atomic E-state index is 0.218. The van der Waals surface area contributed by atoms with Crippen LogP contribution in [-0.4, -0.2) is 29.0 Å². The minimum Gasteiger partial charge on any atom is -0.373 e. The summed E-state index contributed by atoms with van der Waals surface area (Å²) in [6.45, 7) is 8.36. The molecule has 2 atom stereocenters. The van der Waals surface area contributed by atoms with Gasteiger partial charge in [-0.05, 0) is 13.3 Å². The molecule has 4 nitrogen and oxygen atoms in total. The Labute approximate surface area is 103 Å². The number of aromatic nitrogens is 2. The van der Waals surface area contributed by atoms with Crippen molar-refractivity contribution in [2.75, 3.05) is 13.2 Å². The van der Waals surface area contributed by atoms with Crippen LogP contribution in [0.2, 0.25) is 0 Å². The molecule has 1 aliphatic heterocycles. The van der Waals surface area contributed by atoms with Gasteiger partial charge in [0.1, 0.15) is 0 Å². The van der Waals surface area contributed by atoms with Gasteiger partial charge < -0.3 is 10.1 Å². The first-order valence-corrected chi connectivity index (χ1v) is 6.43. The molecule has 1 N–H and O–H groups in total. The zero-order chi connectivity index (χ0) is 12.4. The molecule has 17 heavy (non-hydrogen) atoms. The van der Waals surface area contributed by atoms with Crippen LogP contribution in [0.4, 0.5) is 0 Å². The van der Waals surface area contributed by atoms with Gasteiger partial charge in [-0.15, -0.1) is 0 Å². The van der Waals surface area contributed by atoms with E-state index in [-0.39, 0.29) is 6.10 Å². The van der Waals surface area contributed by atoms with Crippen molar-refractivity contribution < 1.29 is 4.74 Å². The van der Waals surface area contributed by atoms with Crippen LogP contribution in [0.1, 0.15) is 37.6 Å². The molecule has 4 heteroatoms. The van der Waals surface area contributed by atoms with E-state index >= 15 is 0 Å². The molecule has 2 heterocycles. The summed E-state index contributed by atoms with van der Waals surface area (Å²) >= 11 is 0. The Balaban J connectivity index is 2.06. The topological polar surface area (TPSA) is 39.1 Å². The molecule has 1 aromatic rings. The smallest absolute Gasteiger partial charge is 0.0899 e. The van der Waals surface area contributed by atoms with Crippen LogP contribution in [0, 0.1) is 12.8 Å². The van der Waals surface area contributed by atoms with Crippen LogP contribution in [0.15, 0.2) is 6.20 Å². The van der Waals surface area contributed by atoms with E-state index in [4.69, 9.17) is 4.74 Å². The van der Waals surface area contributed by atoms with Gasteiger partial charge in [-0.1, -0.05) is 13.8 Å². The molecule has 0 spiro atoms. The molecule has 96 valence electrons. The van der Waals surface area contributed by atoms with Crippen molar-refractivity contribution in [3.8, 4) is 0 Å². The summed E-state index contributed by atoms with van der Waals surface area (Å²) in [5.41, 5.74) is 2.46. The molecule has 0 amide bonds. The van der Waals surface area contributed by atoms with Crippen LogP contribution in [0.5, 0.6) is 0 Å². The number of nitrogens with zero attached hydrogens (tertiary/aromatic N) is 2. The number of hydrogen-bond acceptors (Lipinski definition) is 3. The lowest BCUT2D eigenvalue weighted by Crippen LogP contribution is -2.30. The fourth-order valence-corrected chi connectivity index (χ4v) is 2.37. The number of aryl methyl sites for hydroxylation is 1. The zero-order valence-corrected chi connectivity index (χ0v) is 11.2. The summed E-state index contributed by atoms with van der Waals surface area (Å²) < 4.78 is 7.81. The quantitative estimate of drug-likeness (QED) is 0.868. The minimum atomic E-state index is 0.218. The van der Waals surface area contributed by atoms with E-state index in [9.17, 15) is 0 Å². The highest BCUT2D eigenvalue weighted by Crippen LogP contribution is 2.35. The van der Waals surface area contributed by atoms with E-state index in [1.165, 1.54) is 11.3 Å². The van der Waals surface area contributed by atoms with Crippen LogP contribution in [-0.2, 0) is 11.8 Å². The zero-order valence-electron chi connectivity index (χ0n) is 11.2. The van der Waals surface area contributed by atoms with Crippen molar-refractivity contribution in [1.29, 1.82) is 0 Å². The maximum atomic E-state index is 5.88. The molecule has 1 aliphatic rings. The molecule has 2 rings (SSSR count). The van der Waals surface area contributed by atoms with Gasteiger partial charge in [-0.25, -0.2) is 0 Å². The first-order valence-electron chi connectivity index (χ1n) is 6.43. The Morgan fingerprint density at radius 2 is 2.35 bits per heavy atom. The van der Waals surface area contributed by atoms with Gasteiger partial charge in [0.2, 0.25) is 0 Å². The van der Waals surface area contributed by atoms with Gasteiger partial charge in [0.15, 0.2) is 0 Å². The molecule has 0 aromatic carbocycles. The number of rotatable bonds is 4. The second-order valence-corrected chi connectivity index (χ2v) is 5.21. The van der Waals surface area contributed by atoms with Crippen molar-refractivity contribution in [3.63, 3.8) is 0 Å². The summed E-state index contributed by atoms with van der Waals surface area (Å²) in [4.78, 5) is 0. The Bertz CT molecular complexity index is 373. The summed E-state index contributed by atoms with van der Waals surface area (Å²) in [5.74, 6) is 0.570. The van der Waals surface area contributed by atoms with Gasteiger partial charge in [0, 0.05) is 43.4 Å².